The minimum Gasteiger partial charge on any atom is -0.480 e. The summed E-state index contributed by atoms with van der Waals surface area (Å²) in [6.45, 7) is 4.97. The van der Waals surface area contributed by atoms with Crippen LogP contribution >= 0.6 is 23.4 Å². The second kappa shape index (κ2) is 11.0. The summed E-state index contributed by atoms with van der Waals surface area (Å²) < 4.78 is 7.22. The van der Waals surface area contributed by atoms with Gasteiger partial charge in [-0.1, -0.05) is 41.6 Å². The van der Waals surface area contributed by atoms with E-state index >= 15 is 0 Å². The SMILES string of the molecule is C=NC(=O)Cc1cc(Cl)ccc1OC(C(=O)Nn1c(C)cc(Sc2ccccc2)c(N)c1=O)C1CC1. The third-order valence-electron chi connectivity index (χ3n) is 5.69. The van der Waals surface area contributed by atoms with Gasteiger partial charge < -0.3 is 10.5 Å². The minimum absolute atomic E-state index is 0.0250. The summed E-state index contributed by atoms with van der Waals surface area (Å²) in [6, 6.07) is 16.1. The number of nitrogens with two attached hydrogens (primary N) is 1. The lowest BCUT2D eigenvalue weighted by Crippen LogP contribution is -2.43. The first kappa shape index (κ1) is 25.5. The molecule has 1 heterocycles. The highest BCUT2D eigenvalue weighted by Gasteiger charge is 2.39. The number of anilines is 1. The van der Waals surface area contributed by atoms with Gasteiger partial charge >= 0.3 is 0 Å². The minimum atomic E-state index is -0.873. The summed E-state index contributed by atoms with van der Waals surface area (Å²) in [5.41, 5.74) is 9.34. The van der Waals surface area contributed by atoms with Gasteiger partial charge in [-0.2, -0.15) is 0 Å². The van der Waals surface area contributed by atoms with E-state index in [9.17, 15) is 14.4 Å². The number of benzene rings is 2. The molecule has 186 valence electrons. The number of hydrogen-bond donors (Lipinski definition) is 2. The number of pyridine rings is 1. The summed E-state index contributed by atoms with van der Waals surface area (Å²) in [4.78, 5) is 43.1. The molecule has 0 aliphatic heterocycles. The number of carbonyl (C=O) groups is 2. The largest absolute Gasteiger partial charge is 0.480 e. The van der Waals surface area contributed by atoms with Gasteiger partial charge in [0.25, 0.3) is 11.5 Å². The second-order valence-electron chi connectivity index (χ2n) is 8.45. The van der Waals surface area contributed by atoms with Crippen LogP contribution in [-0.2, 0) is 16.0 Å². The average molecular weight is 525 g/mol. The summed E-state index contributed by atoms with van der Waals surface area (Å²) in [5, 5.41) is 0.424. The van der Waals surface area contributed by atoms with E-state index in [1.165, 1.54) is 11.8 Å². The Morgan fingerprint density at radius 3 is 2.64 bits per heavy atom. The summed E-state index contributed by atoms with van der Waals surface area (Å²) >= 11 is 7.47. The third kappa shape index (κ3) is 5.98. The lowest BCUT2D eigenvalue weighted by atomic mass is 10.1. The van der Waals surface area contributed by atoms with E-state index in [2.05, 4.69) is 17.1 Å². The van der Waals surface area contributed by atoms with Crippen LogP contribution in [0.25, 0.3) is 0 Å². The number of nitrogens with zero attached hydrogens (tertiary/aromatic N) is 2. The van der Waals surface area contributed by atoms with Crippen molar-refractivity contribution < 1.29 is 14.3 Å². The monoisotopic (exact) mass is 524 g/mol. The third-order valence-corrected chi connectivity index (χ3v) is 6.99. The van der Waals surface area contributed by atoms with Crippen molar-refractivity contribution >= 4 is 47.6 Å². The number of nitrogen functional groups attached to an aromatic ring is 1. The van der Waals surface area contributed by atoms with Gasteiger partial charge in [0.2, 0.25) is 5.91 Å². The zero-order valence-corrected chi connectivity index (χ0v) is 21.1. The molecule has 1 atom stereocenters. The van der Waals surface area contributed by atoms with Crippen LogP contribution in [0.5, 0.6) is 5.75 Å². The molecule has 1 aromatic heterocycles. The van der Waals surface area contributed by atoms with Crippen molar-refractivity contribution in [3.8, 4) is 5.75 Å². The zero-order valence-electron chi connectivity index (χ0n) is 19.6. The number of aryl methyl sites for hydroxylation is 1. The first-order valence-electron chi connectivity index (χ1n) is 11.3. The van der Waals surface area contributed by atoms with Crippen molar-refractivity contribution in [2.45, 2.75) is 42.1 Å². The predicted octanol–water partition coefficient (Wildman–Crippen LogP) is 4.24. The van der Waals surface area contributed by atoms with Crippen LogP contribution in [0, 0.1) is 12.8 Å². The van der Waals surface area contributed by atoms with Gasteiger partial charge in [-0.25, -0.2) is 9.67 Å². The van der Waals surface area contributed by atoms with Crippen molar-refractivity contribution in [1.82, 2.24) is 4.68 Å². The molecule has 0 spiro atoms. The molecule has 3 N–H and O–H groups in total. The Bertz CT molecular complexity index is 1370. The first-order chi connectivity index (χ1) is 17.3. The fourth-order valence-electron chi connectivity index (χ4n) is 3.65. The number of halogens is 1. The van der Waals surface area contributed by atoms with E-state index in [1.54, 1.807) is 31.2 Å². The molecule has 1 fully saturated rings. The quantitative estimate of drug-likeness (QED) is 0.404. The number of hydrogen-bond acceptors (Lipinski definition) is 6. The normalized spacial score (nSPS) is 13.6. The molecule has 1 aliphatic carbocycles. The van der Waals surface area contributed by atoms with E-state index in [1.807, 2.05) is 30.3 Å². The second-order valence-corrected chi connectivity index (χ2v) is 10.0. The van der Waals surface area contributed by atoms with Crippen LogP contribution < -0.4 is 21.5 Å². The van der Waals surface area contributed by atoms with E-state index < -0.39 is 23.5 Å². The molecule has 36 heavy (non-hydrogen) atoms. The van der Waals surface area contributed by atoms with Gasteiger partial charge in [0.15, 0.2) is 6.10 Å². The molecule has 1 saturated carbocycles. The van der Waals surface area contributed by atoms with Gasteiger partial charge in [0, 0.05) is 32.0 Å². The Labute approximate surface area is 217 Å². The Morgan fingerprint density at radius 1 is 1.25 bits per heavy atom. The maximum Gasteiger partial charge on any atom is 0.293 e. The van der Waals surface area contributed by atoms with Crippen molar-refractivity contribution in [3.63, 3.8) is 0 Å². The zero-order chi connectivity index (χ0) is 25.8. The molecule has 3 aromatic rings. The van der Waals surface area contributed by atoms with E-state index in [0.717, 1.165) is 22.4 Å². The molecule has 4 rings (SSSR count). The smallest absolute Gasteiger partial charge is 0.293 e. The molecular formula is C26H25ClN4O4S. The highest BCUT2D eigenvalue weighted by Crippen LogP contribution is 2.37. The van der Waals surface area contributed by atoms with Gasteiger partial charge in [0.1, 0.15) is 11.4 Å². The maximum absolute atomic E-state index is 13.3. The van der Waals surface area contributed by atoms with Gasteiger partial charge in [0.05, 0.1) is 6.42 Å². The fourth-order valence-corrected chi connectivity index (χ4v) is 4.82. The highest BCUT2D eigenvalue weighted by molar-refractivity contribution is 7.99. The number of aliphatic imine (C=N–C) groups is 1. The van der Waals surface area contributed by atoms with Crippen LogP contribution in [-0.4, -0.2) is 29.3 Å². The van der Waals surface area contributed by atoms with Crippen molar-refractivity contribution in [1.29, 1.82) is 0 Å². The molecule has 0 saturated heterocycles. The molecule has 1 unspecified atom stereocenters. The number of amides is 2. The fraction of sp³-hybridized carbons (Fsp3) is 0.231. The van der Waals surface area contributed by atoms with Crippen LogP contribution in [0.15, 0.2) is 74.2 Å². The molecule has 2 aromatic carbocycles. The Morgan fingerprint density at radius 2 is 1.97 bits per heavy atom. The van der Waals surface area contributed by atoms with Crippen LogP contribution in [0.4, 0.5) is 5.69 Å². The number of nitrogens with one attached hydrogen (secondary N) is 1. The van der Waals surface area contributed by atoms with Crippen LogP contribution in [0.2, 0.25) is 5.02 Å². The molecule has 10 heteroatoms. The average Bonchev–Trinajstić information content (AvgIpc) is 3.70. The topological polar surface area (TPSA) is 116 Å². The Kier molecular flexibility index (Phi) is 7.81. The number of rotatable bonds is 9. The van der Waals surface area contributed by atoms with Crippen molar-refractivity contribution in [2.24, 2.45) is 10.9 Å². The van der Waals surface area contributed by atoms with Gasteiger partial charge in [-0.3, -0.25) is 19.8 Å². The van der Waals surface area contributed by atoms with E-state index in [-0.39, 0.29) is 18.0 Å². The maximum atomic E-state index is 13.3. The molecular weight excluding hydrogens is 500 g/mol. The molecule has 1 aliphatic rings. The van der Waals surface area contributed by atoms with Gasteiger partial charge in [-0.15, -0.1) is 0 Å². The first-order valence-corrected chi connectivity index (χ1v) is 12.5. The molecule has 0 radical (unpaired) electrons. The van der Waals surface area contributed by atoms with Crippen molar-refractivity contribution in [2.75, 3.05) is 11.2 Å². The highest BCUT2D eigenvalue weighted by atomic mass is 35.5. The van der Waals surface area contributed by atoms with Crippen molar-refractivity contribution in [3.05, 3.63) is 81.2 Å². The lowest BCUT2D eigenvalue weighted by molar-refractivity contribution is -0.124. The summed E-state index contributed by atoms with van der Waals surface area (Å²) in [6.07, 6.45) is 0.671. The molecule has 2 amide bonds. The number of aromatic nitrogens is 1. The number of ether oxygens (including phenoxy) is 1. The predicted molar refractivity (Wildman–Crippen MR) is 142 cm³/mol. The summed E-state index contributed by atoms with van der Waals surface area (Å²) in [7, 11) is 0. The number of carbonyl (C=O) groups excluding carboxylic acids is 2. The standard InChI is InChI=1S/C26H25ClN4O4S/c1-15-12-21(36-19-6-4-3-5-7-19)23(28)26(34)31(15)30-25(33)24(16-8-9-16)35-20-11-10-18(27)13-17(20)14-22(32)29-2/h3-7,10-13,16,24H,2,8-9,14,28H2,1H3,(H,30,33). The lowest BCUT2D eigenvalue weighted by Gasteiger charge is -2.22. The Hall–Kier alpha value is -3.56. The Balaban J connectivity index is 1.57. The summed E-state index contributed by atoms with van der Waals surface area (Å²) in [5.74, 6) is -0.607. The van der Waals surface area contributed by atoms with E-state index in [0.29, 0.717) is 26.9 Å². The van der Waals surface area contributed by atoms with E-state index in [4.69, 9.17) is 22.1 Å². The molecule has 8 nitrogen and oxygen atoms in total. The van der Waals surface area contributed by atoms with Crippen LogP contribution in [0.3, 0.4) is 0 Å². The van der Waals surface area contributed by atoms with Gasteiger partial charge in [-0.05, 0) is 62.9 Å². The molecule has 0 bridgehead atoms. The van der Waals surface area contributed by atoms with Crippen LogP contribution in [0.1, 0.15) is 24.1 Å².